The first kappa shape index (κ1) is 13.8. The van der Waals surface area contributed by atoms with Crippen molar-refractivity contribution in [1.82, 2.24) is 9.78 Å². The molecule has 0 aliphatic heterocycles. The number of carboxylic acid groups (broad SMARTS) is 1. The number of sulfone groups is 1. The zero-order valence-electron chi connectivity index (χ0n) is 9.74. The molecular weight excluding hydrogens is 336 g/mol. The summed E-state index contributed by atoms with van der Waals surface area (Å²) in [6.07, 6.45) is 3.53. The third kappa shape index (κ3) is 2.69. The number of aromatic carboxylic acids is 1. The number of hydrogen-bond donors (Lipinski definition) is 1. The molecule has 0 fully saturated rings. The third-order valence-corrected chi connectivity index (χ3v) is 4.17. The fourth-order valence-electron chi connectivity index (χ4n) is 1.54. The van der Waals surface area contributed by atoms with Crippen molar-refractivity contribution in [2.24, 2.45) is 0 Å². The second-order valence-electron chi connectivity index (χ2n) is 3.83. The summed E-state index contributed by atoms with van der Waals surface area (Å²) in [5.74, 6) is -1.13. The highest BCUT2D eigenvalue weighted by Crippen LogP contribution is 2.24. The van der Waals surface area contributed by atoms with E-state index in [1.54, 1.807) is 18.2 Å². The summed E-state index contributed by atoms with van der Waals surface area (Å²) in [6, 6.07) is 4.79. The molecule has 1 N–H and O–H groups in total. The maximum absolute atomic E-state index is 11.4. The summed E-state index contributed by atoms with van der Waals surface area (Å²) in [5.41, 5.74) is 0.308. The van der Waals surface area contributed by atoms with E-state index in [-0.39, 0.29) is 16.1 Å². The molecule has 0 saturated carbocycles. The van der Waals surface area contributed by atoms with Crippen LogP contribution in [0, 0.1) is 0 Å². The Kier molecular flexibility index (Phi) is 3.46. The van der Waals surface area contributed by atoms with Crippen LogP contribution in [0.25, 0.3) is 5.69 Å². The predicted molar refractivity (Wildman–Crippen MR) is 71.3 cm³/mol. The minimum atomic E-state index is -3.38. The van der Waals surface area contributed by atoms with Gasteiger partial charge in [0, 0.05) is 16.9 Å². The molecule has 0 atom stereocenters. The molecule has 0 radical (unpaired) electrons. The molecule has 0 unspecified atom stereocenters. The number of aromatic nitrogens is 2. The SMILES string of the molecule is CS(=O)(=O)c1cnn(-c2cccc(Br)c2C(=O)O)c1. The number of halogens is 1. The number of carbonyl (C=O) groups is 1. The lowest BCUT2D eigenvalue weighted by atomic mass is 10.2. The maximum Gasteiger partial charge on any atom is 0.339 e. The van der Waals surface area contributed by atoms with Crippen LogP contribution in [0.4, 0.5) is 0 Å². The van der Waals surface area contributed by atoms with Crippen LogP contribution in [0.15, 0.2) is 40.0 Å². The first-order valence-electron chi connectivity index (χ1n) is 5.07. The molecule has 1 aromatic heterocycles. The van der Waals surface area contributed by atoms with Crippen LogP contribution < -0.4 is 0 Å². The summed E-state index contributed by atoms with van der Waals surface area (Å²) in [5, 5.41) is 13.1. The first-order chi connectivity index (χ1) is 8.80. The highest BCUT2D eigenvalue weighted by Gasteiger charge is 2.17. The first-order valence-corrected chi connectivity index (χ1v) is 7.76. The van der Waals surface area contributed by atoms with E-state index in [1.807, 2.05) is 0 Å². The summed E-state index contributed by atoms with van der Waals surface area (Å²) in [7, 11) is -3.38. The number of carboxylic acids is 1. The lowest BCUT2D eigenvalue weighted by molar-refractivity contribution is 0.0695. The van der Waals surface area contributed by atoms with Gasteiger partial charge < -0.3 is 5.11 Å². The molecule has 6 nitrogen and oxygen atoms in total. The zero-order valence-corrected chi connectivity index (χ0v) is 12.1. The minimum Gasteiger partial charge on any atom is -0.478 e. The van der Waals surface area contributed by atoms with Crippen molar-refractivity contribution in [2.75, 3.05) is 6.26 Å². The van der Waals surface area contributed by atoms with Crippen LogP contribution in [-0.2, 0) is 9.84 Å². The molecule has 0 saturated heterocycles. The minimum absolute atomic E-state index is 0.0191. The molecule has 0 aliphatic rings. The van der Waals surface area contributed by atoms with Crippen molar-refractivity contribution in [3.63, 3.8) is 0 Å². The molecule has 2 aromatic rings. The van der Waals surface area contributed by atoms with Gasteiger partial charge in [-0.25, -0.2) is 17.9 Å². The van der Waals surface area contributed by atoms with Crippen LogP contribution in [0.5, 0.6) is 0 Å². The van der Waals surface area contributed by atoms with Crippen LogP contribution in [-0.4, -0.2) is 35.5 Å². The summed E-state index contributed by atoms with van der Waals surface area (Å²) in [6.45, 7) is 0. The van der Waals surface area contributed by atoms with Crippen LogP contribution in [0.1, 0.15) is 10.4 Å². The van der Waals surface area contributed by atoms with Crippen molar-refractivity contribution >= 4 is 31.7 Å². The number of hydrogen-bond acceptors (Lipinski definition) is 4. The Bertz CT molecular complexity index is 752. The van der Waals surface area contributed by atoms with Gasteiger partial charge in [0.25, 0.3) is 0 Å². The highest BCUT2D eigenvalue weighted by atomic mass is 79.9. The van der Waals surface area contributed by atoms with E-state index < -0.39 is 15.8 Å². The van der Waals surface area contributed by atoms with Crippen molar-refractivity contribution in [1.29, 1.82) is 0 Å². The molecule has 1 aromatic carbocycles. The quantitative estimate of drug-likeness (QED) is 0.915. The summed E-state index contributed by atoms with van der Waals surface area (Å²) in [4.78, 5) is 11.3. The molecule has 1 heterocycles. The fourth-order valence-corrected chi connectivity index (χ4v) is 2.60. The normalized spacial score (nSPS) is 11.5. The number of nitrogens with zero attached hydrogens (tertiary/aromatic N) is 2. The Labute approximate surface area is 117 Å². The molecule has 2 rings (SSSR count). The van der Waals surface area contributed by atoms with Crippen LogP contribution in [0.3, 0.4) is 0 Å². The Hall–Kier alpha value is -1.67. The van der Waals surface area contributed by atoms with Gasteiger partial charge in [-0.3, -0.25) is 0 Å². The van der Waals surface area contributed by atoms with Gasteiger partial charge >= 0.3 is 5.97 Å². The smallest absolute Gasteiger partial charge is 0.339 e. The molecule has 0 bridgehead atoms. The third-order valence-electron chi connectivity index (χ3n) is 2.44. The maximum atomic E-state index is 11.4. The Morgan fingerprint density at radius 2 is 2.11 bits per heavy atom. The van der Waals surface area contributed by atoms with Crippen LogP contribution >= 0.6 is 15.9 Å². The van der Waals surface area contributed by atoms with E-state index in [0.29, 0.717) is 4.47 Å². The van der Waals surface area contributed by atoms with Gasteiger partial charge in [-0.05, 0) is 28.1 Å². The van der Waals surface area contributed by atoms with Crippen molar-refractivity contribution < 1.29 is 18.3 Å². The second kappa shape index (κ2) is 4.78. The Morgan fingerprint density at radius 1 is 1.42 bits per heavy atom. The Balaban J connectivity index is 2.63. The van der Waals surface area contributed by atoms with Gasteiger partial charge in [0.15, 0.2) is 9.84 Å². The van der Waals surface area contributed by atoms with Gasteiger partial charge in [-0.15, -0.1) is 0 Å². The van der Waals surface area contributed by atoms with E-state index in [4.69, 9.17) is 0 Å². The fraction of sp³-hybridized carbons (Fsp3) is 0.0909. The predicted octanol–water partition coefficient (Wildman–Crippen LogP) is 1.74. The van der Waals surface area contributed by atoms with E-state index in [2.05, 4.69) is 21.0 Å². The van der Waals surface area contributed by atoms with E-state index in [9.17, 15) is 18.3 Å². The van der Waals surface area contributed by atoms with Gasteiger partial charge in [0.2, 0.25) is 0 Å². The second-order valence-corrected chi connectivity index (χ2v) is 6.70. The molecule has 0 spiro atoms. The highest BCUT2D eigenvalue weighted by molar-refractivity contribution is 9.10. The topological polar surface area (TPSA) is 89.3 Å². The standard InChI is InChI=1S/C11H9BrN2O4S/c1-19(17,18)7-5-13-14(6-7)9-4-2-3-8(12)10(9)11(15)16/h2-6H,1H3,(H,15,16). The average molecular weight is 345 g/mol. The van der Waals surface area contributed by atoms with Crippen molar-refractivity contribution in [2.45, 2.75) is 4.90 Å². The molecule has 8 heteroatoms. The van der Waals surface area contributed by atoms with Crippen molar-refractivity contribution in [3.05, 3.63) is 40.6 Å². The van der Waals surface area contributed by atoms with E-state index in [1.165, 1.54) is 17.1 Å². The Morgan fingerprint density at radius 3 is 2.63 bits per heavy atom. The van der Waals surface area contributed by atoms with Gasteiger partial charge in [0.1, 0.15) is 4.90 Å². The molecule has 0 aliphatic carbocycles. The average Bonchev–Trinajstić information content (AvgIpc) is 2.76. The van der Waals surface area contributed by atoms with E-state index in [0.717, 1.165) is 6.26 Å². The molecule has 0 amide bonds. The lowest BCUT2D eigenvalue weighted by Gasteiger charge is -2.07. The monoisotopic (exact) mass is 344 g/mol. The van der Waals surface area contributed by atoms with Crippen molar-refractivity contribution in [3.8, 4) is 5.69 Å². The van der Waals surface area contributed by atoms with Gasteiger partial charge in [-0.1, -0.05) is 6.07 Å². The lowest BCUT2D eigenvalue weighted by Crippen LogP contribution is -2.06. The van der Waals surface area contributed by atoms with E-state index >= 15 is 0 Å². The molecule has 100 valence electrons. The van der Waals surface area contributed by atoms with Gasteiger partial charge in [-0.2, -0.15) is 5.10 Å². The number of rotatable bonds is 3. The zero-order chi connectivity index (χ0) is 14.2. The van der Waals surface area contributed by atoms with Gasteiger partial charge in [0.05, 0.1) is 17.4 Å². The molecule has 19 heavy (non-hydrogen) atoms. The number of benzene rings is 1. The summed E-state index contributed by atoms with van der Waals surface area (Å²) >= 11 is 3.15. The molecular formula is C11H9BrN2O4S. The summed E-state index contributed by atoms with van der Waals surface area (Å²) < 4.78 is 24.4. The largest absolute Gasteiger partial charge is 0.478 e. The van der Waals surface area contributed by atoms with Crippen LogP contribution in [0.2, 0.25) is 0 Å².